The third-order valence-corrected chi connectivity index (χ3v) is 4.41. The number of nitrogens with one attached hydrogen (secondary N) is 3. The lowest BCUT2D eigenvalue weighted by Crippen LogP contribution is -2.46. The number of benzene rings is 1. The van der Waals surface area contributed by atoms with Crippen LogP contribution in [0.3, 0.4) is 0 Å². The van der Waals surface area contributed by atoms with E-state index < -0.39 is 22.7 Å². The highest BCUT2D eigenvalue weighted by Crippen LogP contribution is 2.51. The largest absolute Gasteiger partial charge is 0.424 e. The molecule has 3 heterocycles. The van der Waals surface area contributed by atoms with Crippen molar-refractivity contribution in [1.29, 1.82) is 5.26 Å². The van der Waals surface area contributed by atoms with Crippen molar-refractivity contribution in [2.24, 2.45) is 5.73 Å². The van der Waals surface area contributed by atoms with Crippen molar-refractivity contribution < 1.29 is 13.9 Å². The molecule has 1 aromatic heterocycles. The highest BCUT2D eigenvalue weighted by atomic mass is 32.1. The molecule has 2 aromatic rings. The first-order valence-corrected chi connectivity index (χ1v) is 7.37. The first kappa shape index (κ1) is 15.1. The third-order valence-electron chi connectivity index (χ3n) is 4.20. The Labute approximate surface area is 143 Å². The summed E-state index contributed by atoms with van der Waals surface area (Å²) < 4.78 is 19.1. The number of rotatable bonds is 0. The zero-order valence-electron chi connectivity index (χ0n) is 12.3. The molecule has 1 amide bonds. The number of nitriles is 1. The minimum Gasteiger partial charge on any atom is -0.424 e. The van der Waals surface area contributed by atoms with E-state index in [1.807, 2.05) is 6.07 Å². The summed E-state index contributed by atoms with van der Waals surface area (Å²) in [5.41, 5.74) is 2.97. The number of hydrogen-bond acceptors (Lipinski definition) is 6. The molecule has 0 aliphatic carbocycles. The number of carbonyl (C=O) groups excluding carboxylic acids is 1. The van der Waals surface area contributed by atoms with Crippen LogP contribution in [0.5, 0.6) is 5.88 Å². The summed E-state index contributed by atoms with van der Waals surface area (Å²) in [6.07, 6.45) is 0. The molecule has 1 spiro atoms. The van der Waals surface area contributed by atoms with Crippen LogP contribution in [-0.2, 0) is 10.2 Å². The van der Waals surface area contributed by atoms with Gasteiger partial charge in [0.15, 0.2) is 10.2 Å². The minimum atomic E-state index is -1.93. The zero-order chi connectivity index (χ0) is 17.9. The van der Waals surface area contributed by atoms with E-state index in [1.165, 1.54) is 6.07 Å². The first-order valence-electron chi connectivity index (χ1n) is 6.96. The topological polar surface area (TPSA) is 137 Å². The fourth-order valence-corrected chi connectivity index (χ4v) is 3.45. The molecule has 25 heavy (non-hydrogen) atoms. The van der Waals surface area contributed by atoms with E-state index in [0.29, 0.717) is 0 Å². The van der Waals surface area contributed by atoms with E-state index in [1.54, 1.807) is 0 Å². The SMILES string of the molecule is N#CC1=C(N)Oc2[nH]c(=S)[nH]c(=O)c2C12C(=O)Nc1ccc(F)cc12. The molecule has 0 fully saturated rings. The number of amides is 1. The Morgan fingerprint density at radius 3 is 2.80 bits per heavy atom. The standard InChI is InChI=1S/C15H8FN5O3S/c16-5-1-2-8-6(3-5)15(13(23)19-8)7(4-17)10(18)24-12-9(15)11(22)20-14(25)21-12/h1-3H,18H2,(H,19,23)(H2,20,21,22,25). The van der Waals surface area contributed by atoms with Crippen LogP contribution in [0.15, 0.2) is 34.4 Å². The highest BCUT2D eigenvalue weighted by Gasteiger charge is 2.58. The zero-order valence-corrected chi connectivity index (χ0v) is 13.1. The van der Waals surface area contributed by atoms with E-state index in [4.69, 9.17) is 22.7 Å². The molecule has 5 N–H and O–H groups in total. The smallest absolute Gasteiger partial charge is 0.260 e. The monoisotopic (exact) mass is 357 g/mol. The van der Waals surface area contributed by atoms with E-state index in [9.17, 15) is 19.2 Å². The van der Waals surface area contributed by atoms with Gasteiger partial charge in [0, 0.05) is 11.3 Å². The van der Waals surface area contributed by atoms with Gasteiger partial charge < -0.3 is 20.8 Å². The fraction of sp³-hybridized carbons (Fsp3) is 0.0667. The Kier molecular flexibility index (Phi) is 2.89. The molecule has 4 rings (SSSR count). The van der Waals surface area contributed by atoms with Gasteiger partial charge in [0.1, 0.15) is 23.0 Å². The molecule has 0 saturated heterocycles. The van der Waals surface area contributed by atoms with Crippen LogP contribution in [0.4, 0.5) is 10.1 Å². The van der Waals surface area contributed by atoms with Crippen molar-refractivity contribution in [3.05, 3.63) is 61.7 Å². The molecular formula is C15H8FN5O3S. The van der Waals surface area contributed by atoms with Gasteiger partial charge in [0.25, 0.3) is 5.56 Å². The van der Waals surface area contributed by atoms with Crippen molar-refractivity contribution in [2.45, 2.75) is 5.41 Å². The van der Waals surface area contributed by atoms with Gasteiger partial charge in [-0.25, -0.2) is 4.39 Å². The number of carbonyl (C=O) groups is 1. The summed E-state index contributed by atoms with van der Waals surface area (Å²) >= 11 is 4.90. The first-order chi connectivity index (χ1) is 11.9. The Bertz CT molecular complexity index is 1160. The molecule has 2 aliphatic heterocycles. The lowest BCUT2D eigenvalue weighted by Gasteiger charge is -2.32. The molecule has 124 valence electrons. The van der Waals surface area contributed by atoms with E-state index in [2.05, 4.69) is 15.3 Å². The van der Waals surface area contributed by atoms with Gasteiger partial charge in [-0.2, -0.15) is 5.26 Å². The molecule has 2 aliphatic rings. The number of anilines is 1. The lowest BCUT2D eigenvalue weighted by molar-refractivity contribution is -0.118. The van der Waals surface area contributed by atoms with Gasteiger partial charge in [-0.15, -0.1) is 0 Å². The van der Waals surface area contributed by atoms with Crippen molar-refractivity contribution in [2.75, 3.05) is 5.32 Å². The number of halogens is 1. The predicted molar refractivity (Wildman–Crippen MR) is 85.5 cm³/mol. The second-order valence-electron chi connectivity index (χ2n) is 5.46. The molecule has 0 bridgehead atoms. The van der Waals surface area contributed by atoms with Crippen molar-refractivity contribution in [1.82, 2.24) is 9.97 Å². The minimum absolute atomic E-state index is 0.0509. The molecule has 10 heteroatoms. The van der Waals surface area contributed by atoms with Crippen LogP contribution in [0.25, 0.3) is 0 Å². The number of aromatic amines is 2. The van der Waals surface area contributed by atoms with Gasteiger partial charge in [-0.3, -0.25) is 14.6 Å². The Morgan fingerprint density at radius 1 is 1.32 bits per heavy atom. The van der Waals surface area contributed by atoms with Crippen LogP contribution >= 0.6 is 12.2 Å². The van der Waals surface area contributed by atoms with Crippen molar-refractivity contribution >= 4 is 23.8 Å². The van der Waals surface area contributed by atoms with Gasteiger partial charge in [0.05, 0.1) is 0 Å². The summed E-state index contributed by atoms with van der Waals surface area (Å²) in [7, 11) is 0. The third kappa shape index (κ3) is 1.75. The number of H-pyrrole nitrogens is 2. The summed E-state index contributed by atoms with van der Waals surface area (Å²) in [4.78, 5) is 30.4. The average Bonchev–Trinajstić information content (AvgIpc) is 2.80. The summed E-state index contributed by atoms with van der Waals surface area (Å²) in [6, 6.07) is 5.39. The van der Waals surface area contributed by atoms with Crippen LogP contribution in [0.1, 0.15) is 11.1 Å². The number of nitrogens with zero attached hydrogens (tertiary/aromatic N) is 1. The normalized spacial score (nSPS) is 20.6. The highest BCUT2D eigenvalue weighted by molar-refractivity contribution is 7.71. The molecule has 0 saturated carbocycles. The Balaban J connectivity index is 2.24. The van der Waals surface area contributed by atoms with Crippen LogP contribution < -0.4 is 21.3 Å². The van der Waals surface area contributed by atoms with Crippen LogP contribution in [0, 0.1) is 21.9 Å². The number of fused-ring (bicyclic) bond motifs is 4. The number of aromatic nitrogens is 2. The summed E-state index contributed by atoms with van der Waals surface area (Å²) in [5.74, 6) is -1.90. The number of hydrogen-bond donors (Lipinski definition) is 4. The maximum atomic E-state index is 13.9. The Morgan fingerprint density at radius 2 is 2.08 bits per heavy atom. The van der Waals surface area contributed by atoms with Gasteiger partial charge in [0.2, 0.25) is 17.7 Å². The second kappa shape index (κ2) is 4.78. The summed E-state index contributed by atoms with van der Waals surface area (Å²) in [5, 5.41) is 12.1. The molecule has 0 radical (unpaired) electrons. The molecule has 1 unspecified atom stereocenters. The summed E-state index contributed by atoms with van der Waals surface area (Å²) in [6.45, 7) is 0. The van der Waals surface area contributed by atoms with Crippen molar-refractivity contribution in [3.8, 4) is 11.9 Å². The van der Waals surface area contributed by atoms with Crippen molar-refractivity contribution in [3.63, 3.8) is 0 Å². The average molecular weight is 357 g/mol. The number of nitrogens with two attached hydrogens (primary N) is 1. The van der Waals surface area contributed by atoms with Crippen LogP contribution in [-0.4, -0.2) is 15.9 Å². The maximum Gasteiger partial charge on any atom is 0.260 e. The molecular weight excluding hydrogens is 349 g/mol. The number of ether oxygens (including phenoxy) is 1. The van der Waals surface area contributed by atoms with Gasteiger partial charge in [-0.1, -0.05) is 0 Å². The van der Waals surface area contributed by atoms with E-state index in [0.717, 1.165) is 12.1 Å². The second-order valence-corrected chi connectivity index (χ2v) is 5.87. The lowest BCUT2D eigenvalue weighted by atomic mass is 9.70. The Hall–Kier alpha value is -3.45. The molecule has 1 aromatic carbocycles. The maximum absolute atomic E-state index is 13.9. The quantitative estimate of drug-likeness (QED) is 0.517. The molecule has 8 nitrogen and oxygen atoms in total. The van der Waals surface area contributed by atoms with Gasteiger partial charge in [-0.05, 0) is 30.4 Å². The van der Waals surface area contributed by atoms with E-state index in [-0.39, 0.29) is 38.9 Å². The molecule has 1 atom stereocenters. The van der Waals surface area contributed by atoms with Crippen LogP contribution in [0.2, 0.25) is 0 Å². The fourth-order valence-electron chi connectivity index (χ4n) is 3.26. The predicted octanol–water partition coefficient (Wildman–Crippen LogP) is 0.896. The van der Waals surface area contributed by atoms with Gasteiger partial charge >= 0.3 is 0 Å². The van der Waals surface area contributed by atoms with E-state index >= 15 is 0 Å².